The van der Waals surface area contributed by atoms with Crippen LogP contribution in [0.1, 0.15) is 26.2 Å². The Labute approximate surface area is 103 Å². The maximum atomic E-state index is 12.0. The molecule has 0 spiro atoms. The summed E-state index contributed by atoms with van der Waals surface area (Å²) in [7, 11) is 3.14. The van der Waals surface area contributed by atoms with Crippen LogP contribution in [0.5, 0.6) is 0 Å². The smallest absolute Gasteiger partial charge is 0.233 e. The van der Waals surface area contributed by atoms with Gasteiger partial charge in [0.2, 0.25) is 11.8 Å². The number of hydrogen-bond acceptors (Lipinski definition) is 3. The zero-order valence-electron chi connectivity index (χ0n) is 10.8. The highest BCUT2D eigenvalue weighted by Crippen LogP contribution is 2.55. The summed E-state index contributed by atoms with van der Waals surface area (Å²) in [6.07, 6.45) is 3.40. The molecule has 2 saturated carbocycles. The highest BCUT2D eigenvalue weighted by molar-refractivity contribution is 6.05. The summed E-state index contributed by atoms with van der Waals surface area (Å²) in [6, 6.07) is 0. The van der Waals surface area contributed by atoms with E-state index in [1.807, 2.05) is 0 Å². The molecule has 0 aromatic heterocycles. The Kier molecular flexibility index (Phi) is 3.25. The van der Waals surface area contributed by atoms with Crippen molar-refractivity contribution in [2.24, 2.45) is 35.3 Å². The van der Waals surface area contributed by atoms with Gasteiger partial charge in [-0.1, -0.05) is 6.92 Å². The third-order valence-electron chi connectivity index (χ3n) is 4.65. The minimum Gasteiger partial charge on any atom is -0.333 e. The molecular formula is C13H22N2O2. The molecule has 3 fully saturated rings. The molecule has 3 aliphatic rings. The topological polar surface area (TPSA) is 63.4 Å². The Morgan fingerprint density at radius 2 is 1.41 bits per heavy atom. The molecule has 96 valence electrons. The lowest BCUT2D eigenvalue weighted by molar-refractivity contribution is -0.139. The van der Waals surface area contributed by atoms with E-state index in [-0.39, 0.29) is 23.7 Å². The monoisotopic (exact) mass is 238 g/mol. The molecule has 17 heavy (non-hydrogen) atoms. The Morgan fingerprint density at radius 3 is 1.82 bits per heavy atom. The fourth-order valence-electron chi connectivity index (χ4n) is 4.15. The zero-order chi connectivity index (χ0) is 12.7. The average Bonchev–Trinajstić information content (AvgIpc) is 2.71. The fraction of sp³-hybridized carbons (Fsp3) is 0.846. The summed E-state index contributed by atoms with van der Waals surface area (Å²) < 4.78 is 0. The molecule has 4 atom stereocenters. The summed E-state index contributed by atoms with van der Waals surface area (Å²) in [5.74, 6) is 1.94. The molecule has 1 heterocycles. The maximum Gasteiger partial charge on any atom is 0.233 e. The molecule has 0 aromatic rings. The number of rotatable bonds is 0. The number of imide groups is 1. The predicted molar refractivity (Wildman–Crippen MR) is 64.9 cm³/mol. The van der Waals surface area contributed by atoms with Gasteiger partial charge in [-0.15, -0.1) is 0 Å². The van der Waals surface area contributed by atoms with Crippen molar-refractivity contribution >= 4 is 11.8 Å². The number of hydrogen-bond donors (Lipinski definition) is 1. The van der Waals surface area contributed by atoms with Crippen LogP contribution in [0, 0.1) is 29.6 Å². The third-order valence-corrected chi connectivity index (χ3v) is 4.65. The zero-order valence-corrected chi connectivity index (χ0v) is 10.8. The van der Waals surface area contributed by atoms with Gasteiger partial charge in [0.25, 0.3) is 0 Å². The summed E-state index contributed by atoms with van der Waals surface area (Å²) in [4.78, 5) is 25.3. The molecule has 2 amide bonds. The van der Waals surface area contributed by atoms with Crippen LogP contribution in [0.25, 0.3) is 0 Å². The van der Waals surface area contributed by atoms with Crippen LogP contribution in [0.2, 0.25) is 0 Å². The van der Waals surface area contributed by atoms with Crippen molar-refractivity contribution in [2.75, 3.05) is 14.1 Å². The van der Waals surface area contributed by atoms with Gasteiger partial charge in [0.1, 0.15) is 0 Å². The molecule has 2 aliphatic carbocycles. The largest absolute Gasteiger partial charge is 0.333 e. The van der Waals surface area contributed by atoms with Gasteiger partial charge in [0.05, 0.1) is 11.8 Å². The molecule has 0 aromatic carbocycles. The minimum absolute atomic E-state index is 0.0393. The van der Waals surface area contributed by atoms with E-state index in [0.29, 0.717) is 17.8 Å². The highest BCUT2D eigenvalue weighted by atomic mass is 16.2. The number of nitrogens with two attached hydrogens (primary N) is 1. The van der Waals surface area contributed by atoms with Gasteiger partial charge in [0.15, 0.2) is 0 Å². The van der Waals surface area contributed by atoms with Gasteiger partial charge < -0.3 is 5.73 Å². The first-order chi connectivity index (χ1) is 8.09. The Balaban J connectivity index is 0.000000514. The van der Waals surface area contributed by atoms with Crippen molar-refractivity contribution < 1.29 is 9.59 Å². The Bertz CT molecular complexity index is 312. The van der Waals surface area contributed by atoms with E-state index in [0.717, 1.165) is 19.3 Å². The number of amides is 2. The van der Waals surface area contributed by atoms with Crippen LogP contribution < -0.4 is 5.73 Å². The van der Waals surface area contributed by atoms with E-state index in [2.05, 4.69) is 12.7 Å². The second kappa shape index (κ2) is 4.41. The van der Waals surface area contributed by atoms with Crippen LogP contribution in [-0.4, -0.2) is 30.8 Å². The van der Waals surface area contributed by atoms with E-state index in [9.17, 15) is 9.59 Å². The van der Waals surface area contributed by atoms with Crippen molar-refractivity contribution in [2.45, 2.75) is 26.2 Å². The van der Waals surface area contributed by atoms with Crippen molar-refractivity contribution in [3.8, 4) is 0 Å². The summed E-state index contributed by atoms with van der Waals surface area (Å²) in [5.41, 5.74) is 4.50. The Morgan fingerprint density at radius 1 is 1.00 bits per heavy atom. The standard InChI is InChI=1S/C12H17NO2.CH5N/c1-6-3-7-5-8(4-6)10-9(7)11(14)13(2)12(10)15;1-2/h6-10H,3-5H2,1-2H3;2H2,1H3. The van der Waals surface area contributed by atoms with Crippen LogP contribution in [-0.2, 0) is 9.59 Å². The van der Waals surface area contributed by atoms with Crippen LogP contribution in [0.15, 0.2) is 0 Å². The van der Waals surface area contributed by atoms with Gasteiger partial charge in [-0.05, 0) is 44.1 Å². The second-order valence-corrected chi connectivity index (χ2v) is 5.62. The molecule has 3 rings (SSSR count). The molecule has 2 bridgehead atoms. The molecule has 1 aliphatic heterocycles. The van der Waals surface area contributed by atoms with Gasteiger partial charge in [-0.2, -0.15) is 0 Å². The highest BCUT2D eigenvalue weighted by Gasteiger charge is 2.59. The molecular weight excluding hydrogens is 216 g/mol. The van der Waals surface area contributed by atoms with Crippen LogP contribution in [0.4, 0.5) is 0 Å². The lowest BCUT2D eigenvalue weighted by Gasteiger charge is -2.27. The fourth-order valence-corrected chi connectivity index (χ4v) is 4.15. The Hall–Kier alpha value is -0.900. The van der Waals surface area contributed by atoms with Crippen molar-refractivity contribution in [1.82, 2.24) is 4.90 Å². The first-order valence-corrected chi connectivity index (χ1v) is 6.48. The predicted octanol–water partition coefficient (Wildman–Crippen LogP) is 0.858. The van der Waals surface area contributed by atoms with Crippen molar-refractivity contribution in [3.05, 3.63) is 0 Å². The van der Waals surface area contributed by atoms with E-state index in [1.54, 1.807) is 7.05 Å². The average molecular weight is 238 g/mol. The number of nitrogens with zero attached hydrogens (tertiary/aromatic N) is 1. The molecule has 0 radical (unpaired) electrons. The van der Waals surface area contributed by atoms with Crippen molar-refractivity contribution in [1.29, 1.82) is 0 Å². The van der Waals surface area contributed by atoms with Crippen LogP contribution in [0.3, 0.4) is 0 Å². The van der Waals surface area contributed by atoms with Crippen molar-refractivity contribution in [3.63, 3.8) is 0 Å². The first kappa shape index (κ1) is 12.6. The quantitative estimate of drug-likeness (QED) is 0.637. The lowest BCUT2D eigenvalue weighted by Crippen LogP contribution is -2.31. The van der Waals surface area contributed by atoms with Gasteiger partial charge in [-0.25, -0.2) is 0 Å². The van der Waals surface area contributed by atoms with E-state index >= 15 is 0 Å². The first-order valence-electron chi connectivity index (χ1n) is 6.48. The number of likely N-dealkylation sites (tertiary alicyclic amines) is 1. The molecule has 2 N–H and O–H groups in total. The van der Waals surface area contributed by atoms with Crippen LogP contribution >= 0.6 is 0 Å². The van der Waals surface area contributed by atoms with Gasteiger partial charge in [-0.3, -0.25) is 14.5 Å². The SMILES string of the molecule is CC1CC2CC(C1)C1C(=O)N(C)C(=O)C21.CN. The third kappa shape index (κ3) is 1.69. The molecule has 4 nitrogen and oxygen atoms in total. The molecule has 1 saturated heterocycles. The second-order valence-electron chi connectivity index (χ2n) is 5.62. The summed E-state index contributed by atoms with van der Waals surface area (Å²) >= 11 is 0. The van der Waals surface area contributed by atoms with E-state index in [1.165, 1.54) is 11.9 Å². The van der Waals surface area contributed by atoms with Gasteiger partial charge in [0, 0.05) is 7.05 Å². The number of carbonyl (C=O) groups excluding carboxylic acids is 2. The maximum absolute atomic E-state index is 12.0. The van der Waals surface area contributed by atoms with Gasteiger partial charge >= 0.3 is 0 Å². The minimum atomic E-state index is 0.0393. The number of fused-ring (bicyclic) bond motifs is 5. The van der Waals surface area contributed by atoms with E-state index < -0.39 is 0 Å². The number of carbonyl (C=O) groups is 2. The molecule has 4 heteroatoms. The molecule has 4 unspecified atom stereocenters. The normalized spacial score (nSPS) is 43.3. The summed E-state index contributed by atoms with van der Waals surface area (Å²) in [6.45, 7) is 2.25. The summed E-state index contributed by atoms with van der Waals surface area (Å²) in [5, 5.41) is 0. The lowest BCUT2D eigenvalue weighted by atomic mass is 9.80. The van der Waals surface area contributed by atoms with E-state index in [4.69, 9.17) is 0 Å².